The van der Waals surface area contributed by atoms with E-state index in [1.807, 2.05) is 0 Å². The van der Waals surface area contributed by atoms with E-state index in [9.17, 15) is 15.2 Å². The lowest BCUT2D eigenvalue weighted by atomic mass is 10.0. The lowest BCUT2D eigenvalue weighted by Crippen LogP contribution is -2.45. The first-order chi connectivity index (χ1) is 8.20. The van der Waals surface area contributed by atoms with Gasteiger partial charge in [-0.2, -0.15) is 0 Å². The average Bonchev–Trinajstić information content (AvgIpc) is 2.39. The van der Waals surface area contributed by atoms with E-state index in [0.29, 0.717) is 25.3 Å². The molecule has 0 radical (unpaired) electrons. The fourth-order valence-electron chi connectivity index (χ4n) is 1.91. The maximum atomic E-state index is 10.9. The molecule has 2 atom stereocenters. The Balaban J connectivity index is 2.23. The zero-order valence-electron chi connectivity index (χ0n) is 9.20. The number of ether oxygens (including phenoxy) is 1. The third kappa shape index (κ3) is 2.60. The number of hydrogen-bond donors (Lipinski definition) is 2. The van der Waals surface area contributed by atoms with Crippen LogP contribution >= 0.6 is 0 Å². The van der Waals surface area contributed by atoms with Gasteiger partial charge >= 0.3 is 0 Å². The fraction of sp³-hybridized carbons (Fsp3) is 0.455. The van der Waals surface area contributed by atoms with Gasteiger partial charge in [0.05, 0.1) is 29.7 Å². The minimum atomic E-state index is -0.933. The van der Waals surface area contributed by atoms with Crippen LogP contribution in [-0.2, 0) is 4.74 Å². The zero-order chi connectivity index (χ0) is 12.3. The van der Waals surface area contributed by atoms with Gasteiger partial charge in [-0.15, -0.1) is 0 Å². The van der Waals surface area contributed by atoms with Gasteiger partial charge in [0.25, 0.3) is 5.69 Å². The predicted octanol–water partition coefficient (Wildman–Crippen LogP) is 0.617. The Hall–Kier alpha value is -1.50. The number of nitrogens with one attached hydrogen (secondary N) is 1. The van der Waals surface area contributed by atoms with Crippen molar-refractivity contribution in [3.8, 4) is 0 Å². The fourth-order valence-corrected chi connectivity index (χ4v) is 1.91. The molecule has 1 heterocycles. The maximum Gasteiger partial charge on any atom is 0.275 e. The molecule has 1 aromatic carbocycles. The monoisotopic (exact) mass is 238 g/mol. The van der Waals surface area contributed by atoms with E-state index >= 15 is 0 Å². The van der Waals surface area contributed by atoms with Crippen molar-refractivity contribution < 1.29 is 14.8 Å². The van der Waals surface area contributed by atoms with E-state index in [2.05, 4.69) is 5.32 Å². The topological polar surface area (TPSA) is 84.6 Å². The quantitative estimate of drug-likeness (QED) is 0.595. The summed E-state index contributed by atoms with van der Waals surface area (Å²) in [4.78, 5) is 10.4. The van der Waals surface area contributed by atoms with Crippen molar-refractivity contribution in [1.29, 1.82) is 0 Å². The third-order valence-electron chi connectivity index (χ3n) is 2.78. The smallest absolute Gasteiger partial charge is 0.275 e. The zero-order valence-corrected chi connectivity index (χ0v) is 9.20. The Morgan fingerprint density at radius 3 is 2.94 bits per heavy atom. The number of nitrogens with zero attached hydrogens (tertiary/aromatic N) is 1. The second-order valence-corrected chi connectivity index (χ2v) is 3.90. The van der Waals surface area contributed by atoms with Crippen LogP contribution in [-0.4, -0.2) is 35.8 Å². The lowest BCUT2D eigenvalue weighted by Gasteiger charge is -2.28. The molecule has 0 amide bonds. The van der Waals surface area contributed by atoms with Crippen LogP contribution in [0.2, 0.25) is 0 Å². The Labute approximate surface area is 98.4 Å². The van der Waals surface area contributed by atoms with E-state index in [4.69, 9.17) is 4.74 Å². The van der Waals surface area contributed by atoms with Gasteiger partial charge < -0.3 is 15.2 Å². The van der Waals surface area contributed by atoms with Crippen molar-refractivity contribution in [2.24, 2.45) is 0 Å². The molecule has 92 valence electrons. The molecule has 1 aromatic rings. The average molecular weight is 238 g/mol. The van der Waals surface area contributed by atoms with Crippen LogP contribution in [0.25, 0.3) is 0 Å². The summed E-state index contributed by atoms with van der Waals surface area (Å²) in [6.07, 6.45) is -0.933. The molecule has 2 rings (SSSR count). The lowest BCUT2D eigenvalue weighted by molar-refractivity contribution is -0.386. The minimum Gasteiger partial charge on any atom is -0.386 e. The predicted molar refractivity (Wildman–Crippen MR) is 60.7 cm³/mol. The highest BCUT2D eigenvalue weighted by atomic mass is 16.6. The number of nitro groups is 1. The SMILES string of the molecule is O=[N+]([O-])c1ccccc1C(O)C1COCCN1. The van der Waals surface area contributed by atoms with Crippen LogP contribution in [0.4, 0.5) is 5.69 Å². The molecule has 1 saturated heterocycles. The molecule has 17 heavy (non-hydrogen) atoms. The third-order valence-corrected chi connectivity index (χ3v) is 2.78. The number of nitro benzene ring substituents is 1. The van der Waals surface area contributed by atoms with E-state index in [-0.39, 0.29) is 11.7 Å². The largest absolute Gasteiger partial charge is 0.386 e. The summed E-state index contributed by atoms with van der Waals surface area (Å²) in [6.45, 7) is 1.59. The van der Waals surface area contributed by atoms with E-state index < -0.39 is 11.0 Å². The summed E-state index contributed by atoms with van der Waals surface area (Å²) in [5.74, 6) is 0. The molecule has 2 N–H and O–H groups in total. The van der Waals surface area contributed by atoms with Crippen molar-refractivity contribution in [2.45, 2.75) is 12.1 Å². The van der Waals surface area contributed by atoms with Crippen molar-refractivity contribution >= 4 is 5.69 Å². The number of hydrogen-bond acceptors (Lipinski definition) is 5. The minimum absolute atomic E-state index is 0.0626. The number of para-hydroxylation sites is 1. The molecule has 6 heteroatoms. The Morgan fingerprint density at radius 1 is 1.53 bits per heavy atom. The summed E-state index contributed by atoms with van der Waals surface area (Å²) in [5, 5.41) is 24.1. The molecule has 0 saturated carbocycles. The molecule has 1 aliphatic heterocycles. The van der Waals surface area contributed by atoms with Gasteiger partial charge in [-0.05, 0) is 6.07 Å². The van der Waals surface area contributed by atoms with Gasteiger partial charge in [0.15, 0.2) is 0 Å². The Bertz CT molecular complexity index is 404. The van der Waals surface area contributed by atoms with E-state index in [0.717, 1.165) is 0 Å². The first kappa shape index (κ1) is 12.0. The van der Waals surface area contributed by atoms with E-state index in [1.165, 1.54) is 6.07 Å². The van der Waals surface area contributed by atoms with E-state index in [1.54, 1.807) is 18.2 Å². The molecule has 0 aromatic heterocycles. The molecule has 2 unspecified atom stereocenters. The molecule has 0 bridgehead atoms. The van der Waals surface area contributed by atoms with Gasteiger partial charge in [-0.1, -0.05) is 12.1 Å². The highest BCUT2D eigenvalue weighted by Crippen LogP contribution is 2.27. The van der Waals surface area contributed by atoms with Crippen LogP contribution in [0.1, 0.15) is 11.7 Å². The number of morpholine rings is 1. The Morgan fingerprint density at radius 2 is 2.29 bits per heavy atom. The Kier molecular flexibility index (Phi) is 3.68. The van der Waals surface area contributed by atoms with Crippen molar-refractivity contribution in [1.82, 2.24) is 5.32 Å². The van der Waals surface area contributed by atoms with Crippen LogP contribution in [0.5, 0.6) is 0 Å². The number of aliphatic hydroxyl groups is 1. The standard InChI is InChI=1S/C11H14N2O4/c14-11(9-7-17-6-5-12-9)8-3-1-2-4-10(8)13(15)16/h1-4,9,11-12,14H,5-7H2. The highest BCUT2D eigenvalue weighted by Gasteiger charge is 2.28. The maximum absolute atomic E-state index is 10.9. The summed E-state index contributed by atoms with van der Waals surface area (Å²) < 4.78 is 5.23. The molecule has 0 spiro atoms. The molecule has 1 fully saturated rings. The number of rotatable bonds is 3. The molecular formula is C11H14N2O4. The van der Waals surface area contributed by atoms with Crippen molar-refractivity contribution in [3.63, 3.8) is 0 Å². The van der Waals surface area contributed by atoms with Crippen LogP contribution in [0, 0.1) is 10.1 Å². The first-order valence-corrected chi connectivity index (χ1v) is 5.42. The van der Waals surface area contributed by atoms with Gasteiger partial charge in [0, 0.05) is 12.6 Å². The summed E-state index contributed by atoms with van der Waals surface area (Å²) in [7, 11) is 0. The van der Waals surface area contributed by atoms with Crippen LogP contribution in [0.15, 0.2) is 24.3 Å². The molecule has 6 nitrogen and oxygen atoms in total. The van der Waals surface area contributed by atoms with Crippen molar-refractivity contribution in [3.05, 3.63) is 39.9 Å². The van der Waals surface area contributed by atoms with Crippen LogP contribution in [0.3, 0.4) is 0 Å². The molecule has 1 aliphatic rings. The summed E-state index contributed by atoms with van der Waals surface area (Å²) in [5.41, 5.74) is 0.257. The summed E-state index contributed by atoms with van der Waals surface area (Å²) >= 11 is 0. The molecule has 0 aliphatic carbocycles. The second kappa shape index (κ2) is 5.22. The number of aliphatic hydroxyl groups excluding tert-OH is 1. The number of benzene rings is 1. The first-order valence-electron chi connectivity index (χ1n) is 5.42. The van der Waals surface area contributed by atoms with Gasteiger partial charge in [0.1, 0.15) is 6.10 Å². The van der Waals surface area contributed by atoms with Crippen LogP contribution < -0.4 is 5.32 Å². The van der Waals surface area contributed by atoms with Gasteiger partial charge in [-0.25, -0.2) is 0 Å². The van der Waals surface area contributed by atoms with Crippen molar-refractivity contribution in [2.75, 3.05) is 19.8 Å². The van der Waals surface area contributed by atoms with Gasteiger partial charge in [-0.3, -0.25) is 10.1 Å². The normalized spacial score (nSPS) is 22.1. The summed E-state index contributed by atoms with van der Waals surface area (Å²) in [6, 6.07) is 5.92. The van der Waals surface area contributed by atoms with Gasteiger partial charge in [0.2, 0.25) is 0 Å². The molecular weight excluding hydrogens is 224 g/mol. The highest BCUT2D eigenvalue weighted by molar-refractivity contribution is 5.41. The second-order valence-electron chi connectivity index (χ2n) is 3.90.